The van der Waals surface area contributed by atoms with Gasteiger partial charge in [-0.15, -0.1) is 22.7 Å². The molecule has 3 aromatic heterocycles. The number of nitrogens with one attached hydrogen (secondary N) is 1. The Bertz CT molecular complexity index is 1230. The molecule has 0 bridgehead atoms. The van der Waals surface area contributed by atoms with E-state index >= 15 is 0 Å². The summed E-state index contributed by atoms with van der Waals surface area (Å²) in [6, 6.07) is 14.1. The lowest BCUT2D eigenvalue weighted by Crippen LogP contribution is -2.29. The van der Waals surface area contributed by atoms with Gasteiger partial charge >= 0.3 is 0 Å². The molecule has 8 heteroatoms. The molecule has 0 radical (unpaired) electrons. The smallest absolute Gasteiger partial charge is 0.263 e. The van der Waals surface area contributed by atoms with Crippen LogP contribution in [-0.2, 0) is 11.3 Å². The topological polar surface area (TPSA) is 64.0 Å². The Morgan fingerprint density at radius 2 is 2.00 bits per heavy atom. The lowest BCUT2D eigenvalue weighted by atomic mass is 10.0. The minimum atomic E-state index is -0.0600. The molecule has 31 heavy (non-hydrogen) atoms. The van der Waals surface area contributed by atoms with Crippen molar-refractivity contribution < 1.29 is 4.79 Å². The van der Waals surface area contributed by atoms with E-state index in [2.05, 4.69) is 24.4 Å². The van der Waals surface area contributed by atoms with Crippen molar-refractivity contribution in [3.63, 3.8) is 0 Å². The second kappa shape index (κ2) is 9.80. The molecular formula is C23H23N3O2S3. The number of aromatic nitrogens is 2. The molecular weight excluding hydrogens is 446 g/mol. The Morgan fingerprint density at radius 1 is 1.19 bits per heavy atom. The van der Waals surface area contributed by atoms with Gasteiger partial charge in [-0.3, -0.25) is 14.2 Å². The van der Waals surface area contributed by atoms with Crippen molar-refractivity contribution in [1.82, 2.24) is 14.9 Å². The zero-order valence-corrected chi connectivity index (χ0v) is 19.8. The van der Waals surface area contributed by atoms with E-state index in [1.807, 2.05) is 48.0 Å². The number of rotatable bonds is 8. The number of benzene rings is 1. The molecule has 0 aliphatic rings. The summed E-state index contributed by atoms with van der Waals surface area (Å²) in [5.74, 6) is 0.401. The van der Waals surface area contributed by atoms with Gasteiger partial charge in [0.1, 0.15) is 4.83 Å². The summed E-state index contributed by atoms with van der Waals surface area (Å²) in [5.41, 5.74) is 2.10. The molecule has 4 rings (SSSR count). The zero-order valence-electron chi connectivity index (χ0n) is 17.3. The van der Waals surface area contributed by atoms with E-state index in [0.29, 0.717) is 23.6 Å². The molecule has 3 heterocycles. The number of carbonyl (C=O) groups excluding carboxylic acids is 1. The first-order chi connectivity index (χ1) is 15.1. The second-order valence-corrected chi connectivity index (χ2v) is 9.90. The van der Waals surface area contributed by atoms with Gasteiger partial charge in [0, 0.05) is 28.9 Å². The Labute approximate surface area is 193 Å². The average molecular weight is 470 g/mol. The highest BCUT2D eigenvalue weighted by molar-refractivity contribution is 7.99. The van der Waals surface area contributed by atoms with Crippen LogP contribution < -0.4 is 10.9 Å². The van der Waals surface area contributed by atoms with E-state index in [-0.39, 0.29) is 23.1 Å². The minimum Gasteiger partial charge on any atom is -0.355 e. The number of nitrogens with zero attached hydrogens (tertiary/aromatic N) is 2. The standard InChI is InChI=1S/C23H23N3O2S3/c1-3-26-22(28)20-17(18-10-7-11-29-18)13-30-21(20)25-23(26)31-14-19(27)24-12-15(2)16-8-5-4-6-9-16/h4-11,13,15H,3,12,14H2,1-2H3,(H,24,27). The summed E-state index contributed by atoms with van der Waals surface area (Å²) in [6.45, 7) is 5.11. The van der Waals surface area contributed by atoms with Gasteiger partial charge in [0.2, 0.25) is 5.91 Å². The SMILES string of the molecule is CCn1c(SCC(=O)NCC(C)c2ccccc2)nc2scc(-c3cccs3)c2c1=O. The van der Waals surface area contributed by atoms with E-state index < -0.39 is 0 Å². The first-order valence-electron chi connectivity index (χ1n) is 10.1. The number of fused-ring (bicyclic) bond motifs is 1. The number of thioether (sulfide) groups is 1. The maximum absolute atomic E-state index is 13.2. The van der Waals surface area contributed by atoms with Crippen LogP contribution in [0.3, 0.4) is 0 Å². The fourth-order valence-corrected chi connectivity index (χ4v) is 6.05. The number of hydrogen-bond donors (Lipinski definition) is 1. The van der Waals surface area contributed by atoms with Gasteiger partial charge in [-0.1, -0.05) is 55.1 Å². The highest BCUT2D eigenvalue weighted by Gasteiger charge is 2.18. The number of thiophene rings is 2. The van der Waals surface area contributed by atoms with E-state index in [1.165, 1.54) is 28.7 Å². The maximum atomic E-state index is 13.2. The molecule has 0 aliphatic heterocycles. The number of carbonyl (C=O) groups is 1. The summed E-state index contributed by atoms with van der Waals surface area (Å²) in [7, 11) is 0. The Hall–Kier alpha value is -2.42. The maximum Gasteiger partial charge on any atom is 0.263 e. The minimum absolute atomic E-state index is 0.0437. The predicted octanol–water partition coefficient (Wildman–Crippen LogP) is 5.22. The van der Waals surface area contributed by atoms with Crippen molar-refractivity contribution in [3.8, 4) is 10.4 Å². The normalized spacial score (nSPS) is 12.2. The third kappa shape index (κ3) is 4.76. The largest absolute Gasteiger partial charge is 0.355 e. The molecule has 1 aromatic carbocycles. The fraction of sp³-hybridized carbons (Fsp3) is 0.261. The summed E-state index contributed by atoms with van der Waals surface area (Å²) in [6.07, 6.45) is 0. The molecule has 0 saturated carbocycles. The highest BCUT2D eigenvalue weighted by Crippen LogP contribution is 2.34. The molecule has 160 valence electrons. The van der Waals surface area contributed by atoms with Crippen LogP contribution in [0.1, 0.15) is 25.3 Å². The quantitative estimate of drug-likeness (QED) is 0.284. The molecule has 4 aromatic rings. The van der Waals surface area contributed by atoms with Gasteiger partial charge in [-0.2, -0.15) is 0 Å². The molecule has 1 atom stereocenters. The van der Waals surface area contributed by atoms with Gasteiger partial charge < -0.3 is 5.32 Å². The van der Waals surface area contributed by atoms with E-state index in [9.17, 15) is 9.59 Å². The third-order valence-electron chi connectivity index (χ3n) is 5.07. The molecule has 1 unspecified atom stereocenters. The average Bonchev–Trinajstić information content (AvgIpc) is 3.46. The second-order valence-electron chi connectivity index (χ2n) is 7.16. The van der Waals surface area contributed by atoms with Crippen molar-refractivity contribution in [2.75, 3.05) is 12.3 Å². The summed E-state index contributed by atoms with van der Waals surface area (Å²) in [5, 5.41) is 8.25. The first-order valence-corrected chi connectivity index (χ1v) is 12.8. The molecule has 1 N–H and O–H groups in total. The van der Waals surface area contributed by atoms with Crippen LogP contribution in [0.5, 0.6) is 0 Å². The van der Waals surface area contributed by atoms with Crippen LogP contribution in [-0.4, -0.2) is 27.8 Å². The lowest BCUT2D eigenvalue weighted by molar-refractivity contribution is -0.118. The van der Waals surface area contributed by atoms with Crippen molar-refractivity contribution in [3.05, 3.63) is 69.1 Å². The number of amides is 1. The van der Waals surface area contributed by atoms with Gasteiger partial charge in [-0.25, -0.2) is 4.98 Å². The molecule has 0 fully saturated rings. The summed E-state index contributed by atoms with van der Waals surface area (Å²) in [4.78, 5) is 32.1. The van der Waals surface area contributed by atoms with Gasteiger partial charge in [0.05, 0.1) is 11.1 Å². The molecule has 0 aliphatic carbocycles. The van der Waals surface area contributed by atoms with Crippen LogP contribution in [0.15, 0.2) is 63.2 Å². The summed E-state index contributed by atoms with van der Waals surface area (Å²) < 4.78 is 1.66. The number of hydrogen-bond acceptors (Lipinski definition) is 6. The van der Waals surface area contributed by atoms with E-state index in [0.717, 1.165) is 15.3 Å². The third-order valence-corrected chi connectivity index (χ3v) is 7.82. The monoisotopic (exact) mass is 469 g/mol. The Morgan fingerprint density at radius 3 is 2.71 bits per heavy atom. The van der Waals surface area contributed by atoms with Crippen LogP contribution in [0.4, 0.5) is 0 Å². The summed E-state index contributed by atoms with van der Waals surface area (Å²) >= 11 is 4.40. The first kappa shape index (κ1) is 21.8. The van der Waals surface area contributed by atoms with Crippen molar-refractivity contribution in [2.45, 2.75) is 31.5 Å². The highest BCUT2D eigenvalue weighted by atomic mass is 32.2. The van der Waals surface area contributed by atoms with Gasteiger partial charge in [0.25, 0.3) is 5.56 Å². The predicted molar refractivity (Wildman–Crippen MR) is 131 cm³/mol. The molecule has 0 saturated heterocycles. The van der Waals surface area contributed by atoms with Crippen molar-refractivity contribution in [1.29, 1.82) is 0 Å². The lowest BCUT2D eigenvalue weighted by Gasteiger charge is -2.13. The van der Waals surface area contributed by atoms with Gasteiger partial charge in [-0.05, 0) is 29.9 Å². The van der Waals surface area contributed by atoms with Crippen molar-refractivity contribution in [2.24, 2.45) is 0 Å². The zero-order chi connectivity index (χ0) is 21.8. The van der Waals surface area contributed by atoms with E-state index in [1.54, 1.807) is 15.9 Å². The van der Waals surface area contributed by atoms with Crippen molar-refractivity contribution >= 4 is 50.6 Å². The molecule has 1 amide bonds. The van der Waals surface area contributed by atoms with Crippen LogP contribution in [0.2, 0.25) is 0 Å². The Balaban J connectivity index is 1.47. The fourth-order valence-electron chi connectivity index (χ4n) is 3.36. The van der Waals surface area contributed by atoms with Crippen LogP contribution in [0.25, 0.3) is 20.7 Å². The molecule has 5 nitrogen and oxygen atoms in total. The van der Waals surface area contributed by atoms with E-state index in [4.69, 9.17) is 4.98 Å². The Kier molecular flexibility index (Phi) is 6.89. The van der Waals surface area contributed by atoms with Gasteiger partial charge in [0.15, 0.2) is 5.16 Å². The van der Waals surface area contributed by atoms with Crippen LogP contribution >= 0.6 is 34.4 Å². The molecule has 0 spiro atoms. The van der Waals surface area contributed by atoms with Crippen LogP contribution in [0, 0.1) is 0 Å².